The normalized spacial score (nSPS) is 12.1. The molecule has 5 nitrogen and oxygen atoms in total. The van der Waals surface area contributed by atoms with Gasteiger partial charge in [0.1, 0.15) is 6.10 Å². The van der Waals surface area contributed by atoms with Gasteiger partial charge in [-0.15, -0.1) is 0 Å². The quantitative estimate of drug-likeness (QED) is 0.646. The Labute approximate surface area is 97.5 Å². The van der Waals surface area contributed by atoms with E-state index in [2.05, 4.69) is 4.98 Å². The average Bonchev–Trinajstić information content (AvgIpc) is 2.39. The van der Waals surface area contributed by atoms with Gasteiger partial charge in [-0.2, -0.15) is 0 Å². The zero-order valence-electron chi connectivity index (χ0n) is 8.85. The maximum absolute atomic E-state index is 10.8. The summed E-state index contributed by atoms with van der Waals surface area (Å²) in [4.78, 5) is 14.3. The molecule has 1 atom stereocenters. The summed E-state index contributed by atoms with van der Waals surface area (Å²) < 4.78 is 0. The van der Waals surface area contributed by atoms with Gasteiger partial charge in [0.25, 0.3) is 5.69 Å². The molecule has 86 valence electrons. The Morgan fingerprint density at radius 2 is 1.88 bits per heavy atom. The second-order valence-corrected chi connectivity index (χ2v) is 3.47. The Kier molecular flexibility index (Phi) is 3.11. The summed E-state index contributed by atoms with van der Waals surface area (Å²) >= 11 is 0. The molecule has 0 saturated carbocycles. The molecule has 5 heteroatoms. The fraction of sp³-hybridized carbons (Fsp3) is 0.0833. The lowest BCUT2D eigenvalue weighted by Gasteiger charge is -2.10. The highest BCUT2D eigenvalue weighted by Gasteiger charge is 2.21. The van der Waals surface area contributed by atoms with E-state index in [0.717, 1.165) is 0 Å². The molecule has 0 radical (unpaired) electrons. The monoisotopic (exact) mass is 230 g/mol. The van der Waals surface area contributed by atoms with Crippen molar-refractivity contribution in [3.8, 4) is 0 Å². The first-order chi connectivity index (χ1) is 8.20. The molecule has 0 unspecified atom stereocenters. The Hall–Kier alpha value is -2.27. The highest BCUT2D eigenvalue weighted by atomic mass is 16.6. The van der Waals surface area contributed by atoms with Gasteiger partial charge in [-0.1, -0.05) is 18.2 Å². The number of aromatic nitrogens is 1. The van der Waals surface area contributed by atoms with Crippen molar-refractivity contribution in [2.45, 2.75) is 6.10 Å². The van der Waals surface area contributed by atoms with Gasteiger partial charge in [-0.05, 0) is 18.2 Å². The van der Waals surface area contributed by atoms with E-state index in [4.69, 9.17) is 0 Å². The zero-order valence-corrected chi connectivity index (χ0v) is 8.85. The van der Waals surface area contributed by atoms with Crippen molar-refractivity contribution in [2.24, 2.45) is 0 Å². The fourth-order valence-electron chi connectivity index (χ4n) is 1.58. The summed E-state index contributed by atoms with van der Waals surface area (Å²) in [6.45, 7) is 0. The van der Waals surface area contributed by atoms with Crippen LogP contribution >= 0.6 is 0 Å². The molecule has 2 rings (SSSR count). The predicted octanol–water partition coefficient (Wildman–Crippen LogP) is 2.07. The number of para-hydroxylation sites is 1. The van der Waals surface area contributed by atoms with Crippen molar-refractivity contribution in [3.05, 3.63) is 70.0 Å². The van der Waals surface area contributed by atoms with Crippen LogP contribution in [0.15, 0.2) is 48.7 Å². The van der Waals surface area contributed by atoms with E-state index < -0.39 is 11.0 Å². The number of pyridine rings is 1. The second kappa shape index (κ2) is 4.71. The number of nitro groups is 1. The number of aliphatic hydroxyl groups is 1. The number of hydrogen-bond acceptors (Lipinski definition) is 4. The van der Waals surface area contributed by atoms with Crippen LogP contribution in [-0.4, -0.2) is 15.0 Å². The van der Waals surface area contributed by atoms with Crippen LogP contribution < -0.4 is 0 Å². The van der Waals surface area contributed by atoms with Crippen LogP contribution in [0.1, 0.15) is 17.4 Å². The molecule has 0 fully saturated rings. The third kappa shape index (κ3) is 2.29. The highest BCUT2D eigenvalue weighted by Crippen LogP contribution is 2.28. The van der Waals surface area contributed by atoms with Crippen LogP contribution in [0, 0.1) is 10.1 Å². The van der Waals surface area contributed by atoms with Gasteiger partial charge in [0.05, 0.1) is 16.2 Å². The molecule has 0 spiro atoms. The van der Waals surface area contributed by atoms with E-state index >= 15 is 0 Å². The smallest absolute Gasteiger partial charge is 0.275 e. The van der Waals surface area contributed by atoms with Crippen molar-refractivity contribution in [3.63, 3.8) is 0 Å². The van der Waals surface area contributed by atoms with Crippen molar-refractivity contribution < 1.29 is 10.0 Å². The van der Waals surface area contributed by atoms with E-state index in [1.165, 1.54) is 18.3 Å². The van der Waals surface area contributed by atoms with Crippen molar-refractivity contribution >= 4 is 5.69 Å². The minimum atomic E-state index is -1.09. The molecule has 0 amide bonds. The van der Waals surface area contributed by atoms with Crippen molar-refractivity contribution in [1.82, 2.24) is 4.98 Å². The first-order valence-corrected chi connectivity index (χ1v) is 5.02. The Bertz CT molecular complexity index is 528. The molecule has 2 aromatic rings. The molecule has 17 heavy (non-hydrogen) atoms. The van der Waals surface area contributed by atoms with Gasteiger partial charge in [0, 0.05) is 12.3 Å². The lowest BCUT2D eigenvalue weighted by Crippen LogP contribution is -2.05. The number of nitro benzene ring substituents is 1. The number of benzene rings is 1. The number of rotatable bonds is 3. The number of nitrogens with zero attached hydrogens (tertiary/aromatic N) is 2. The predicted molar refractivity (Wildman–Crippen MR) is 61.4 cm³/mol. The first-order valence-electron chi connectivity index (χ1n) is 5.02. The van der Waals surface area contributed by atoms with Crippen LogP contribution in [0.2, 0.25) is 0 Å². The van der Waals surface area contributed by atoms with Gasteiger partial charge in [0.15, 0.2) is 0 Å². The maximum Gasteiger partial charge on any atom is 0.275 e. The summed E-state index contributed by atoms with van der Waals surface area (Å²) in [5, 5.41) is 20.9. The summed E-state index contributed by atoms with van der Waals surface area (Å²) in [5.41, 5.74) is 0.531. The van der Waals surface area contributed by atoms with Gasteiger partial charge < -0.3 is 5.11 Å². The number of hydrogen-bond donors (Lipinski definition) is 1. The van der Waals surface area contributed by atoms with Crippen molar-refractivity contribution in [1.29, 1.82) is 0 Å². The van der Waals surface area contributed by atoms with Gasteiger partial charge >= 0.3 is 0 Å². The van der Waals surface area contributed by atoms with Crippen LogP contribution in [0.4, 0.5) is 5.69 Å². The van der Waals surface area contributed by atoms with Gasteiger partial charge in [-0.3, -0.25) is 15.1 Å². The van der Waals surface area contributed by atoms with E-state index in [1.807, 2.05) is 0 Å². The molecule has 0 saturated heterocycles. The van der Waals surface area contributed by atoms with Gasteiger partial charge in [0.2, 0.25) is 0 Å². The lowest BCUT2D eigenvalue weighted by atomic mass is 10.0. The summed E-state index contributed by atoms with van der Waals surface area (Å²) in [7, 11) is 0. The third-order valence-corrected chi connectivity index (χ3v) is 2.40. The maximum atomic E-state index is 10.8. The molecule has 0 aliphatic rings. The summed E-state index contributed by atoms with van der Waals surface area (Å²) in [5.74, 6) is 0. The average molecular weight is 230 g/mol. The standard InChI is InChI=1S/C12H10N2O3/c15-12(10-6-3-4-8-13-10)9-5-1-2-7-11(9)14(16)17/h1-8,12,15H/t12-/m1/s1. The Balaban J connectivity index is 2.44. The summed E-state index contributed by atoms with van der Waals surface area (Å²) in [6.07, 6.45) is 0.450. The molecule has 1 N–H and O–H groups in total. The second-order valence-electron chi connectivity index (χ2n) is 3.47. The molecule has 1 aromatic heterocycles. The molecule has 1 aromatic carbocycles. The van der Waals surface area contributed by atoms with E-state index in [1.54, 1.807) is 30.3 Å². The molecule has 0 aliphatic heterocycles. The largest absolute Gasteiger partial charge is 0.382 e. The van der Waals surface area contributed by atoms with Crippen LogP contribution in [0.25, 0.3) is 0 Å². The fourth-order valence-corrected chi connectivity index (χ4v) is 1.58. The molecule has 0 aliphatic carbocycles. The van der Waals surface area contributed by atoms with Crippen molar-refractivity contribution in [2.75, 3.05) is 0 Å². The molecular weight excluding hydrogens is 220 g/mol. The highest BCUT2D eigenvalue weighted by molar-refractivity contribution is 5.43. The Morgan fingerprint density at radius 1 is 1.18 bits per heavy atom. The zero-order chi connectivity index (χ0) is 12.3. The molecule has 0 bridgehead atoms. The Morgan fingerprint density at radius 3 is 2.53 bits per heavy atom. The van der Waals surface area contributed by atoms with Crippen LogP contribution in [0.5, 0.6) is 0 Å². The van der Waals surface area contributed by atoms with E-state index in [9.17, 15) is 15.2 Å². The first kappa shape index (κ1) is 11.2. The lowest BCUT2D eigenvalue weighted by molar-refractivity contribution is -0.386. The topological polar surface area (TPSA) is 76.3 Å². The third-order valence-electron chi connectivity index (χ3n) is 2.40. The van der Waals surface area contributed by atoms with E-state index in [-0.39, 0.29) is 11.3 Å². The van der Waals surface area contributed by atoms with Crippen LogP contribution in [0.3, 0.4) is 0 Å². The number of aliphatic hydroxyl groups excluding tert-OH is 1. The van der Waals surface area contributed by atoms with E-state index in [0.29, 0.717) is 5.69 Å². The van der Waals surface area contributed by atoms with Gasteiger partial charge in [-0.25, -0.2) is 0 Å². The molecular formula is C12H10N2O3. The summed E-state index contributed by atoms with van der Waals surface area (Å²) in [6, 6.07) is 11.2. The SMILES string of the molecule is O=[N+]([O-])c1ccccc1[C@@H](O)c1ccccn1. The molecule has 1 heterocycles. The minimum Gasteiger partial charge on any atom is -0.382 e. The van der Waals surface area contributed by atoms with Crippen LogP contribution in [-0.2, 0) is 0 Å². The minimum absolute atomic E-state index is 0.106.